The van der Waals surface area contributed by atoms with Crippen LogP contribution in [-0.2, 0) is 0 Å². The highest BCUT2D eigenvalue weighted by Gasteiger charge is 2.21. The Morgan fingerprint density at radius 1 is 1.75 bits per heavy atom. The van der Waals surface area contributed by atoms with Crippen molar-refractivity contribution < 1.29 is 5.48 Å². The van der Waals surface area contributed by atoms with Crippen molar-refractivity contribution in [3.05, 3.63) is 30.1 Å². The fourth-order valence-electron chi connectivity index (χ4n) is 1.40. The SMILES string of the molecule is [2H]C1([2H])C[C@@H](c2cccnc2)N(C)C1([2H])[2H]. The van der Waals surface area contributed by atoms with Gasteiger partial charge in [0.25, 0.3) is 0 Å². The van der Waals surface area contributed by atoms with Crippen molar-refractivity contribution in [2.45, 2.75) is 18.8 Å². The lowest BCUT2D eigenvalue weighted by atomic mass is 10.1. The number of hydrogen-bond acceptors (Lipinski definition) is 2. The Morgan fingerprint density at radius 3 is 3.25 bits per heavy atom. The van der Waals surface area contributed by atoms with E-state index in [1.807, 2.05) is 6.07 Å². The molecule has 1 fully saturated rings. The van der Waals surface area contributed by atoms with Gasteiger partial charge in [0.2, 0.25) is 0 Å². The second kappa shape index (κ2) is 3.23. The number of pyridine rings is 1. The van der Waals surface area contributed by atoms with Crippen molar-refractivity contribution in [2.24, 2.45) is 0 Å². The highest BCUT2D eigenvalue weighted by atomic mass is 15.1. The Bertz CT molecular complexity index is 380. The molecule has 1 aliphatic rings. The summed E-state index contributed by atoms with van der Waals surface area (Å²) in [6.45, 7) is -1.94. The van der Waals surface area contributed by atoms with Gasteiger partial charge in [0, 0.05) is 23.9 Å². The lowest BCUT2D eigenvalue weighted by molar-refractivity contribution is 0.317. The molecule has 2 nitrogen and oxygen atoms in total. The molecule has 2 heteroatoms. The van der Waals surface area contributed by atoms with E-state index >= 15 is 0 Å². The summed E-state index contributed by atoms with van der Waals surface area (Å²) in [5, 5.41) is 0. The lowest BCUT2D eigenvalue weighted by Gasteiger charge is -2.18. The average Bonchev–Trinajstić information content (AvgIpc) is 2.40. The summed E-state index contributed by atoms with van der Waals surface area (Å²) in [6, 6.07) is 3.39. The van der Waals surface area contributed by atoms with Gasteiger partial charge in [-0.1, -0.05) is 6.07 Å². The summed E-state index contributed by atoms with van der Waals surface area (Å²) in [5.74, 6) is 0. The maximum atomic E-state index is 7.77. The van der Waals surface area contributed by atoms with Crippen LogP contribution in [-0.4, -0.2) is 23.4 Å². The molecule has 0 saturated carbocycles. The van der Waals surface area contributed by atoms with Crippen LogP contribution in [0.5, 0.6) is 0 Å². The molecule has 1 aliphatic heterocycles. The maximum Gasteiger partial charge on any atom is 0.0431 e. The molecule has 1 atom stereocenters. The van der Waals surface area contributed by atoms with Gasteiger partial charge in [0.1, 0.15) is 0 Å². The number of likely N-dealkylation sites (tertiary alicyclic amines) is 1. The van der Waals surface area contributed by atoms with Gasteiger partial charge in [-0.2, -0.15) is 0 Å². The zero-order valence-corrected chi connectivity index (χ0v) is 6.99. The smallest absolute Gasteiger partial charge is 0.0431 e. The molecule has 0 spiro atoms. The molecule has 0 bridgehead atoms. The Hall–Kier alpha value is -0.890. The number of nitrogens with zero attached hydrogens (tertiary/aromatic N) is 2. The van der Waals surface area contributed by atoms with Gasteiger partial charge in [0.15, 0.2) is 0 Å². The van der Waals surface area contributed by atoms with Crippen LogP contribution < -0.4 is 0 Å². The predicted octanol–water partition coefficient (Wildman–Crippen LogP) is 1.85. The summed E-state index contributed by atoms with van der Waals surface area (Å²) in [7, 11) is 1.61. The molecule has 1 aromatic heterocycles. The minimum Gasteiger partial charge on any atom is -0.299 e. The molecular weight excluding hydrogens is 148 g/mol. The predicted molar refractivity (Wildman–Crippen MR) is 48.8 cm³/mol. The van der Waals surface area contributed by atoms with Crippen LogP contribution in [0.15, 0.2) is 24.5 Å². The largest absolute Gasteiger partial charge is 0.299 e. The monoisotopic (exact) mass is 166 g/mol. The molecule has 2 rings (SSSR count). The van der Waals surface area contributed by atoms with Gasteiger partial charge >= 0.3 is 0 Å². The Labute approximate surface area is 78.8 Å². The highest BCUT2D eigenvalue weighted by Crippen LogP contribution is 2.29. The van der Waals surface area contributed by atoms with E-state index in [0.717, 1.165) is 5.56 Å². The standard InChI is InChI=1S/C10H14N2/c1-12-7-3-5-10(12)9-4-2-6-11-8-9/h2,4,6,8,10H,3,5,7H2,1H3/t10-/m0/s1/i3D2,7D2. The van der Waals surface area contributed by atoms with Crippen LogP contribution in [0.1, 0.15) is 29.9 Å². The first-order valence-electron chi connectivity index (χ1n) is 5.99. The normalized spacial score (nSPS) is 37.9. The Balaban J connectivity index is 2.35. The van der Waals surface area contributed by atoms with Crippen LogP contribution in [0.25, 0.3) is 0 Å². The third-order valence-corrected chi connectivity index (χ3v) is 2.09. The summed E-state index contributed by atoms with van der Waals surface area (Å²) in [5.41, 5.74) is 0.857. The third kappa shape index (κ3) is 1.34. The van der Waals surface area contributed by atoms with Crippen LogP contribution >= 0.6 is 0 Å². The van der Waals surface area contributed by atoms with Crippen molar-refractivity contribution in [2.75, 3.05) is 13.5 Å². The molecule has 12 heavy (non-hydrogen) atoms. The number of rotatable bonds is 1. The Kier molecular flexibility index (Phi) is 1.18. The molecular formula is C10H14N2. The highest BCUT2D eigenvalue weighted by molar-refractivity contribution is 5.14. The van der Waals surface area contributed by atoms with Crippen molar-refractivity contribution in [3.8, 4) is 0 Å². The molecule has 0 aromatic carbocycles. The minimum atomic E-state index is -1.94. The van der Waals surface area contributed by atoms with E-state index in [1.54, 1.807) is 25.5 Å². The van der Waals surface area contributed by atoms with Crippen molar-refractivity contribution in [3.63, 3.8) is 0 Å². The molecule has 0 radical (unpaired) electrons. The van der Waals surface area contributed by atoms with Gasteiger partial charge in [-0.3, -0.25) is 9.88 Å². The van der Waals surface area contributed by atoms with E-state index in [9.17, 15) is 0 Å². The summed E-state index contributed by atoms with van der Waals surface area (Å²) >= 11 is 0. The first-order valence-corrected chi connectivity index (χ1v) is 3.99. The average molecular weight is 166 g/mol. The number of hydrogen-bond donors (Lipinski definition) is 0. The van der Waals surface area contributed by atoms with E-state index < -0.39 is 12.9 Å². The molecule has 2 heterocycles. The van der Waals surface area contributed by atoms with Crippen LogP contribution in [0, 0.1) is 0 Å². The summed E-state index contributed by atoms with van der Waals surface area (Å²) < 4.78 is 31.0. The topological polar surface area (TPSA) is 16.1 Å². The second-order valence-corrected chi connectivity index (χ2v) is 2.91. The quantitative estimate of drug-likeness (QED) is 0.633. The van der Waals surface area contributed by atoms with Gasteiger partial charge in [-0.25, -0.2) is 0 Å². The van der Waals surface area contributed by atoms with Gasteiger partial charge in [-0.05, 0) is 38.0 Å². The van der Waals surface area contributed by atoms with Crippen LogP contribution in [0.4, 0.5) is 0 Å². The van der Waals surface area contributed by atoms with Crippen LogP contribution in [0.2, 0.25) is 0 Å². The zero-order valence-electron chi connectivity index (χ0n) is 11.0. The van der Waals surface area contributed by atoms with Gasteiger partial charge < -0.3 is 0 Å². The first-order chi connectivity index (χ1) is 7.36. The van der Waals surface area contributed by atoms with E-state index in [1.165, 1.54) is 4.90 Å². The lowest BCUT2D eigenvalue weighted by Crippen LogP contribution is -2.17. The summed E-state index contributed by atoms with van der Waals surface area (Å²) in [4.78, 5) is 5.44. The minimum absolute atomic E-state index is 0.155. The fourth-order valence-corrected chi connectivity index (χ4v) is 1.40. The van der Waals surface area contributed by atoms with E-state index in [4.69, 9.17) is 5.48 Å². The van der Waals surface area contributed by atoms with Crippen molar-refractivity contribution in [1.82, 2.24) is 9.88 Å². The fraction of sp³-hybridized carbons (Fsp3) is 0.500. The van der Waals surface area contributed by atoms with E-state index in [2.05, 4.69) is 4.98 Å². The Morgan fingerprint density at radius 2 is 2.67 bits per heavy atom. The molecule has 64 valence electrons. The van der Waals surface area contributed by atoms with Gasteiger partial charge in [-0.15, -0.1) is 0 Å². The summed E-state index contributed by atoms with van der Waals surface area (Å²) in [6.07, 6.45) is 1.64. The zero-order chi connectivity index (χ0) is 12.0. The molecule has 0 amide bonds. The molecule has 0 aliphatic carbocycles. The van der Waals surface area contributed by atoms with Crippen LogP contribution in [0.3, 0.4) is 0 Å². The van der Waals surface area contributed by atoms with E-state index in [0.29, 0.717) is 0 Å². The second-order valence-electron chi connectivity index (χ2n) is 2.91. The molecule has 0 unspecified atom stereocenters. The number of aromatic nitrogens is 1. The third-order valence-electron chi connectivity index (χ3n) is 2.09. The van der Waals surface area contributed by atoms with Crippen molar-refractivity contribution >= 4 is 0 Å². The molecule has 1 aromatic rings. The maximum absolute atomic E-state index is 7.77. The van der Waals surface area contributed by atoms with E-state index in [-0.39, 0.29) is 12.5 Å². The first kappa shape index (κ1) is 4.38. The van der Waals surface area contributed by atoms with Gasteiger partial charge in [0.05, 0.1) is 0 Å². The molecule has 0 N–H and O–H groups in total. The van der Waals surface area contributed by atoms with Crippen molar-refractivity contribution in [1.29, 1.82) is 0 Å². The molecule has 1 saturated heterocycles.